The summed E-state index contributed by atoms with van der Waals surface area (Å²) in [7, 11) is 0. The molecule has 0 amide bonds. The first kappa shape index (κ1) is 16.2. The standard InChI is InChI=1S/C12H19F3N4O2/c1-9(19-5-3-16-4-6-19)11-17-10(21-18-11)2-7-20-8-12(13,14)15/h9,16H,2-8H2,1H3. The van der Waals surface area contributed by atoms with E-state index in [0.717, 1.165) is 26.2 Å². The van der Waals surface area contributed by atoms with Crippen LogP contribution in [-0.4, -0.2) is 60.6 Å². The lowest BCUT2D eigenvalue weighted by molar-refractivity contribution is -0.173. The molecule has 0 spiro atoms. The highest BCUT2D eigenvalue weighted by molar-refractivity contribution is 4.94. The molecule has 1 aromatic rings. The van der Waals surface area contributed by atoms with Crippen LogP contribution in [0.2, 0.25) is 0 Å². The number of hydrogen-bond donors (Lipinski definition) is 1. The zero-order valence-electron chi connectivity index (χ0n) is 11.8. The first-order valence-corrected chi connectivity index (χ1v) is 6.87. The van der Waals surface area contributed by atoms with E-state index < -0.39 is 12.8 Å². The maximum Gasteiger partial charge on any atom is 0.411 e. The van der Waals surface area contributed by atoms with Crippen molar-refractivity contribution in [3.63, 3.8) is 0 Å². The predicted octanol–water partition coefficient (Wildman–Crippen LogP) is 1.16. The number of alkyl halides is 3. The maximum atomic E-state index is 11.9. The molecule has 9 heteroatoms. The summed E-state index contributed by atoms with van der Waals surface area (Å²) < 4.78 is 45.3. The summed E-state index contributed by atoms with van der Waals surface area (Å²) >= 11 is 0. The number of ether oxygens (including phenoxy) is 1. The Morgan fingerprint density at radius 3 is 2.76 bits per heavy atom. The topological polar surface area (TPSA) is 63.4 Å². The summed E-state index contributed by atoms with van der Waals surface area (Å²) in [6, 6.07) is 0.0284. The predicted molar refractivity (Wildman–Crippen MR) is 67.7 cm³/mol. The van der Waals surface area contributed by atoms with Crippen LogP contribution in [0.5, 0.6) is 0 Å². The number of aromatic nitrogens is 2. The van der Waals surface area contributed by atoms with Crippen molar-refractivity contribution in [3.8, 4) is 0 Å². The Kier molecular flexibility index (Phi) is 5.54. The third-order valence-electron chi connectivity index (χ3n) is 3.28. The molecule has 1 atom stereocenters. The van der Waals surface area contributed by atoms with Gasteiger partial charge >= 0.3 is 6.18 Å². The van der Waals surface area contributed by atoms with Crippen LogP contribution in [0.1, 0.15) is 24.7 Å². The molecule has 2 heterocycles. The number of hydrogen-bond acceptors (Lipinski definition) is 6. The Bertz CT molecular complexity index is 432. The smallest absolute Gasteiger partial charge is 0.372 e. The van der Waals surface area contributed by atoms with Crippen LogP contribution < -0.4 is 5.32 Å². The average molecular weight is 308 g/mol. The average Bonchev–Trinajstić information content (AvgIpc) is 2.91. The van der Waals surface area contributed by atoms with Crippen LogP contribution in [0.3, 0.4) is 0 Å². The van der Waals surface area contributed by atoms with Gasteiger partial charge in [-0.3, -0.25) is 4.90 Å². The molecule has 2 rings (SSSR count). The van der Waals surface area contributed by atoms with E-state index in [-0.39, 0.29) is 19.1 Å². The molecule has 6 nitrogen and oxygen atoms in total. The van der Waals surface area contributed by atoms with E-state index in [1.54, 1.807) is 0 Å². The van der Waals surface area contributed by atoms with Crippen molar-refractivity contribution in [2.24, 2.45) is 0 Å². The summed E-state index contributed by atoms with van der Waals surface area (Å²) in [5.74, 6) is 0.858. The van der Waals surface area contributed by atoms with Gasteiger partial charge in [0.25, 0.3) is 0 Å². The molecular formula is C12H19F3N4O2. The van der Waals surface area contributed by atoms with Gasteiger partial charge in [-0.15, -0.1) is 0 Å². The Labute approximate surface area is 120 Å². The van der Waals surface area contributed by atoms with Gasteiger partial charge in [0.05, 0.1) is 19.1 Å². The van der Waals surface area contributed by atoms with Crippen LogP contribution >= 0.6 is 0 Å². The summed E-state index contributed by atoms with van der Waals surface area (Å²) in [5, 5.41) is 7.15. The minimum absolute atomic E-state index is 0.0284. The van der Waals surface area contributed by atoms with E-state index >= 15 is 0 Å². The van der Waals surface area contributed by atoms with Crippen molar-refractivity contribution < 1.29 is 22.4 Å². The molecule has 0 aromatic carbocycles. The van der Waals surface area contributed by atoms with Gasteiger partial charge in [0.15, 0.2) is 5.82 Å². The zero-order valence-corrected chi connectivity index (χ0v) is 11.8. The molecule has 1 aromatic heterocycles. The molecule has 120 valence electrons. The summed E-state index contributed by atoms with van der Waals surface area (Å²) in [4.78, 5) is 6.45. The minimum atomic E-state index is -4.31. The zero-order chi connectivity index (χ0) is 15.3. The van der Waals surface area contributed by atoms with Gasteiger partial charge in [-0.05, 0) is 6.92 Å². The van der Waals surface area contributed by atoms with Crippen LogP contribution in [0.25, 0.3) is 0 Å². The Morgan fingerprint density at radius 1 is 1.38 bits per heavy atom. The van der Waals surface area contributed by atoms with E-state index in [4.69, 9.17) is 4.52 Å². The van der Waals surface area contributed by atoms with Gasteiger partial charge in [0.1, 0.15) is 6.61 Å². The molecule has 0 bridgehead atoms. The number of halogens is 3. The minimum Gasteiger partial charge on any atom is -0.372 e. The maximum absolute atomic E-state index is 11.9. The van der Waals surface area contributed by atoms with Gasteiger partial charge in [-0.1, -0.05) is 5.16 Å². The molecule has 21 heavy (non-hydrogen) atoms. The number of nitrogens with zero attached hydrogens (tertiary/aromatic N) is 3. The second-order valence-corrected chi connectivity index (χ2v) is 4.93. The normalized spacial score (nSPS) is 18.9. The van der Waals surface area contributed by atoms with Gasteiger partial charge < -0.3 is 14.6 Å². The van der Waals surface area contributed by atoms with Crippen LogP contribution in [0, 0.1) is 0 Å². The molecule has 1 aliphatic heterocycles. The molecule has 1 unspecified atom stereocenters. The van der Waals surface area contributed by atoms with Crippen molar-refractivity contribution in [3.05, 3.63) is 11.7 Å². The first-order chi connectivity index (χ1) is 9.96. The van der Waals surface area contributed by atoms with E-state index in [1.807, 2.05) is 6.92 Å². The molecular weight excluding hydrogens is 289 g/mol. The highest BCUT2D eigenvalue weighted by Crippen LogP contribution is 2.18. The van der Waals surface area contributed by atoms with Crippen molar-refractivity contribution >= 4 is 0 Å². The van der Waals surface area contributed by atoms with E-state index in [0.29, 0.717) is 11.7 Å². The van der Waals surface area contributed by atoms with Crippen molar-refractivity contribution in [1.82, 2.24) is 20.4 Å². The SMILES string of the molecule is CC(c1noc(CCOCC(F)(F)F)n1)N1CCNCC1. The fraction of sp³-hybridized carbons (Fsp3) is 0.833. The van der Waals surface area contributed by atoms with Crippen LogP contribution in [0.4, 0.5) is 13.2 Å². The molecule has 1 saturated heterocycles. The lowest BCUT2D eigenvalue weighted by Crippen LogP contribution is -2.44. The number of rotatable bonds is 6. The molecule has 1 fully saturated rings. The van der Waals surface area contributed by atoms with Gasteiger partial charge in [0.2, 0.25) is 5.89 Å². The number of piperazine rings is 1. The van der Waals surface area contributed by atoms with E-state index in [9.17, 15) is 13.2 Å². The summed E-state index contributed by atoms with van der Waals surface area (Å²) in [6.45, 7) is 4.27. The molecule has 1 aliphatic rings. The van der Waals surface area contributed by atoms with Crippen LogP contribution in [-0.2, 0) is 11.2 Å². The largest absolute Gasteiger partial charge is 0.411 e. The highest BCUT2D eigenvalue weighted by Gasteiger charge is 2.27. The van der Waals surface area contributed by atoms with Gasteiger partial charge in [-0.25, -0.2) is 0 Å². The van der Waals surface area contributed by atoms with E-state index in [2.05, 4.69) is 25.1 Å². The molecule has 0 radical (unpaired) electrons. The van der Waals surface area contributed by atoms with Gasteiger partial charge in [-0.2, -0.15) is 18.2 Å². The van der Waals surface area contributed by atoms with Crippen molar-refractivity contribution in [2.45, 2.75) is 25.6 Å². The lowest BCUT2D eigenvalue weighted by atomic mass is 10.2. The van der Waals surface area contributed by atoms with Crippen molar-refractivity contribution in [2.75, 3.05) is 39.4 Å². The fourth-order valence-corrected chi connectivity index (χ4v) is 2.12. The first-order valence-electron chi connectivity index (χ1n) is 6.87. The van der Waals surface area contributed by atoms with Crippen LogP contribution in [0.15, 0.2) is 4.52 Å². The Morgan fingerprint density at radius 2 is 2.10 bits per heavy atom. The monoisotopic (exact) mass is 308 g/mol. The lowest BCUT2D eigenvalue weighted by Gasteiger charge is -2.30. The fourth-order valence-electron chi connectivity index (χ4n) is 2.12. The van der Waals surface area contributed by atoms with E-state index in [1.165, 1.54) is 0 Å². The summed E-state index contributed by atoms with van der Waals surface area (Å²) in [6.07, 6.45) is -4.13. The quantitative estimate of drug-likeness (QED) is 0.796. The van der Waals surface area contributed by atoms with Crippen molar-refractivity contribution in [1.29, 1.82) is 0 Å². The summed E-state index contributed by atoms with van der Waals surface area (Å²) in [5.41, 5.74) is 0. The third-order valence-corrected chi connectivity index (χ3v) is 3.28. The second-order valence-electron chi connectivity index (χ2n) is 4.93. The molecule has 0 aliphatic carbocycles. The third kappa shape index (κ3) is 5.25. The number of nitrogens with one attached hydrogen (secondary N) is 1. The second kappa shape index (κ2) is 7.19. The molecule has 0 saturated carbocycles. The molecule has 1 N–H and O–H groups in total. The Balaban J connectivity index is 1.78. The Hall–Kier alpha value is -1.19. The van der Waals surface area contributed by atoms with Gasteiger partial charge in [0, 0.05) is 26.2 Å². The highest BCUT2D eigenvalue weighted by atomic mass is 19.4.